The fourth-order valence-electron chi connectivity index (χ4n) is 2.80. The van der Waals surface area contributed by atoms with Crippen molar-refractivity contribution in [1.82, 2.24) is 0 Å². The van der Waals surface area contributed by atoms with Crippen LogP contribution in [0.5, 0.6) is 5.75 Å². The summed E-state index contributed by atoms with van der Waals surface area (Å²) in [7, 11) is 1.71. The van der Waals surface area contributed by atoms with Crippen molar-refractivity contribution in [3.63, 3.8) is 0 Å². The van der Waals surface area contributed by atoms with E-state index in [1.807, 2.05) is 31.2 Å². The molecule has 26 heavy (non-hydrogen) atoms. The van der Waals surface area contributed by atoms with Gasteiger partial charge in [-0.3, -0.25) is 4.99 Å². The van der Waals surface area contributed by atoms with Gasteiger partial charge >= 0.3 is 0 Å². The molecule has 4 heteroatoms. The maximum atomic E-state index is 6.15. The van der Waals surface area contributed by atoms with E-state index in [4.69, 9.17) is 18.9 Å². The predicted molar refractivity (Wildman–Crippen MR) is 104 cm³/mol. The monoisotopic (exact) mass is 351 g/mol. The van der Waals surface area contributed by atoms with Gasteiger partial charge < -0.3 is 13.9 Å². The van der Waals surface area contributed by atoms with Gasteiger partial charge in [0.1, 0.15) is 17.1 Å². The Morgan fingerprint density at radius 3 is 2.58 bits per heavy atom. The standard InChI is InChI=1S/C22H25NO3/c1-4-25-18-10-11-21-19(14-18)20(23-12-5-13-24-3)15-22(26-21)17-8-6-16(2)7-9-17/h6-11,14-15H,4-5,12-13H2,1-3H3. The first-order chi connectivity index (χ1) is 12.7. The van der Waals surface area contributed by atoms with Gasteiger partial charge in [-0.15, -0.1) is 0 Å². The quantitative estimate of drug-likeness (QED) is 0.577. The van der Waals surface area contributed by atoms with Crippen molar-refractivity contribution in [3.05, 3.63) is 59.5 Å². The summed E-state index contributed by atoms with van der Waals surface area (Å²) in [6.07, 6.45) is 0.884. The maximum Gasteiger partial charge on any atom is 0.137 e. The normalized spacial score (nSPS) is 11.9. The molecular weight excluding hydrogens is 326 g/mol. The number of fused-ring (bicyclic) bond motifs is 1. The Labute approximate surface area is 154 Å². The molecule has 1 heterocycles. The van der Waals surface area contributed by atoms with Crippen molar-refractivity contribution in [2.45, 2.75) is 20.3 Å². The Bertz CT molecular complexity index is 926. The molecule has 0 atom stereocenters. The largest absolute Gasteiger partial charge is 0.494 e. The molecule has 1 aromatic heterocycles. The molecule has 0 bridgehead atoms. The Kier molecular flexibility index (Phi) is 6.08. The first-order valence-corrected chi connectivity index (χ1v) is 8.98. The molecule has 0 aliphatic carbocycles. The van der Waals surface area contributed by atoms with Gasteiger partial charge in [0.25, 0.3) is 0 Å². The lowest BCUT2D eigenvalue weighted by Crippen LogP contribution is -2.06. The zero-order valence-corrected chi connectivity index (χ0v) is 15.6. The summed E-state index contributed by atoms with van der Waals surface area (Å²) in [5, 5.41) is 1.88. The molecule has 0 N–H and O–H groups in total. The fraction of sp³-hybridized carbons (Fsp3) is 0.318. The third kappa shape index (κ3) is 4.33. The van der Waals surface area contributed by atoms with E-state index in [2.05, 4.69) is 31.2 Å². The van der Waals surface area contributed by atoms with Crippen LogP contribution in [0.3, 0.4) is 0 Å². The zero-order valence-electron chi connectivity index (χ0n) is 15.6. The Balaban J connectivity index is 2.10. The SMILES string of the molecule is CCOc1ccc2oc(-c3ccc(C)cc3)cc(=NCCCOC)c2c1. The summed E-state index contributed by atoms with van der Waals surface area (Å²) in [5.41, 5.74) is 3.07. The van der Waals surface area contributed by atoms with Crippen molar-refractivity contribution in [2.75, 3.05) is 26.9 Å². The molecular formula is C22H25NO3. The molecule has 0 aliphatic heterocycles. The van der Waals surface area contributed by atoms with Crippen molar-refractivity contribution >= 4 is 11.0 Å². The number of methoxy groups -OCH3 is 1. The third-order valence-electron chi connectivity index (χ3n) is 4.15. The molecule has 0 amide bonds. The molecule has 0 aliphatic rings. The van der Waals surface area contributed by atoms with Crippen molar-refractivity contribution in [1.29, 1.82) is 0 Å². The highest BCUT2D eigenvalue weighted by molar-refractivity contribution is 5.80. The first kappa shape index (κ1) is 18.2. The van der Waals surface area contributed by atoms with E-state index in [0.717, 1.165) is 39.8 Å². The lowest BCUT2D eigenvalue weighted by Gasteiger charge is -2.08. The molecule has 0 spiro atoms. The molecule has 3 rings (SSSR count). The van der Waals surface area contributed by atoms with Crippen LogP contribution in [0.25, 0.3) is 22.3 Å². The number of ether oxygens (including phenoxy) is 2. The van der Waals surface area contributed by atoms with Gasteiger partial charge in [-0.25, -0.2) is 0 Å². The van der Waals surface area contributed by atoms with Crippen LogP contribution in [0, 0.1) is 6.92 Å². The third-order valence-corrected chi connectivity index (χ3v) is 4.15. The highest BCUT2D eigenvalue weighted by Gasteiger charge is 2.07. The summed E-state index contributed by atoms with van der Waals surface area (Å²) in [6.45, 7) is 6.09. The predicted octanol–water partition coefficient (Wildman–Crippen LogP) is 4.74. The number of benzene rings is 2. The minimum absolute atomic E-state index is 0.629. The van der Waals surface area contributed by atoms with Gasteiger partial charge in [-0.05, 0) is 38.5 Å². The Morgan fingerprint density at radius 2 is 1.85 bits per heavy atom. The van der Waals surface area contributed by atoms with Crippen LogP contribution < -0.4 is 10.1 Å². The van der Waals surface area contributed by atoms with E-state index < -0.39 is 0 Å². The number of nitrogens with zero attached hydrogens (tertiary/aromatic N) is 1. The van der Waals surface area contributed by atoms with Crippen molar-refractivity contribution in [3.8, 4) is 17.1 Å². The topological polar surface area (TPSA) is 44.0 Å². The molecule has 0 saturated carbocycles. The summed E-state index contributed by atoms with van der Waals surface area (Å²) in [4.78, 5) is 4.78. The van der Waals surface area contributed by atoms with Crippen LogP contribution in [-0.4, -0.2) is 26.9 Å². The van der Waals surface area contributed by atoms with E-state index >= 15 is 0 Å². The van der Waals surface area contributed by atoms with Gasteiger partial charge in [0.15, 0.2) is 0 Å². The number of aryl methyl sites for hydroxylation is 1. The summed E-state index contributed by atoms with van der Waals surface area (Å²) < 4.78 is 16.9. The minimum Gasteiger partial charge on any atom is -0.494 e. The average Bonchev–Trinajstić information content (AvgIpc) is 2.66. The van der Waals surface area contributed by atoms with Crippen molar-refractivity contribution in [2.24, 2.45) is 4.99 Å². The summed E-state index contributed by atoms with van der Waals surface area (Å²) >= 11 is 0. The molecule has 0 saturated heterocycles. The van der Waals surface area contributed by atoms with Gasteiger partial charge in [0.2, 0.25) is 0 Å². The molecule has 2 aromatic carbocycles. The first-order valence-electron chi connectivity index (χ1n) is 8.98. The second-order valence-electron chi connectivity index (χ2n) is 6.18. The lowest BCUT2D eigenvalue weighted by molar-refractivity contribution is 0.196. The average molecular weight is 351 g/mol. The van der Waals surface area contributed by atoms with Crippen LogP contribution in [0.1, 0.15) is 18.9 Å². The van der Waals surface area contributed by atoms with Gasteiger partial charge in [-0.1, -0.05) is 29.8 Å². The number of hydrogen-bond acceptors (Lipinski definition) is 4. The van der Waals surface area contributed by atoms with E-state index in [0.29, 0.717) is 19.8 Å². The fourth-order valence-corrected chi connectivity index (χ4v) is 2.80. The lowest BCUT2D eigenvalue weighted by atomic mass is 10.1. The van der Waals surface area contributed by atoms with E-state index in [1.54, 1.807) is 7.11 Å². The molecule has 0 unspecified atom stereocenters. The van der Waals surface area contributed by atoms with Crippen LogP contribution in [0.4, 0.5) is 0 Å². The Morgan fingerprint density at radius 1 is 1.04 bits per heavy atom. The summed E-state index contributed by atoms with van der Waals surface area (Å²) in [5.74, 6) is 1.64. The van der Waals surface area contributed by atoms with E-state index in [9.17, 15) is 0 Å². The van der Waals surface area contributed by atoms with Crippen molar-refractivity contribution < 1.29 is 13.9 Å². The second-order valence-corrected chi connectivity index (χ2v) is 6.18. The van der Waals surface area contributed by atoms with Gasteiger partial charge in [0.05, 0.1) is 12.0 Å². The van der Waals surface area contributed by atoms with Crippen LogP contribution in [0.2, 0.25) is 0 Å². The minimum atomic E-state index is 0.629. The molecule has 136 valence electrons. The summed E-state index contributed by atoms with van der Waals surface area (Å²) in [6, 6.07) is 16.2. The smallest absolute Gasteiger partial charge is 0.137 e. The number of hydrogen-bond donors (Lipinski definition) is 0. The highest BCUT2D eigenvalue weighted by atomic mass is 16.5. The molecule has 0 fully saturated rings. The van der Waals surface area contributed by atoms with E-state index in [1.165, 1.54) is 5.56 Å². The molecule has 4 nitrogen and oxygen atoms in total. The van der Waals surface area contributed by atoms with Gasteiger partial charge in [-0.2, -0.15) is 0 Å². The Hall–Kier alpha value is -2.59. The van der Waals surface area contributed by atoms with E-state index in [-0.39, 0.29) is 0 Å². The highest BCUT2D eigenvalue weighted by Crippen LogP contribution is 2.25. The van der Waals surface area contributed by atoms with Crippen LogP contribution in [-0.2, 0) is 4.74 Å². The molecule has 0 radical (unpaired) electrons. The van der Waals surface area contributed by atoms with Gasteiger partial charge in [0, 0.05) is 37.3 Å². The van der Waals surface area contributed by atoms with Crippen LogP contribution >= 0.6 is 0 Å². The van der Waals surface area contributed by atoms with Crippen LogP contribution in [0.15, 0.2) is 57.9 Å². The zero-order chi connectivity index (χ0) is 18.4. The molecule has 3 aromatic rings. The number of rotatable bonds is 7. The maximum absolute atomic E-state index is 6.15. The second kappa shape index (κ2) is 8.68.